The highest BCUT2D eigenvalue weighted by Gasteiger charge is 2.12. The molecule has 156 valence electrons. The lowest BCUT2D eigenvalue weighted by molar-refractivity contribution is -0.139. The number of carbonyl (C=O) groups excluding carboxylic acids is 4. The van der Waals surface area contributed by atoms with Crippen molar-refractivity contribution in [1.82, 2.24) is 21.3 Å². The van der Waals surface area contributed by atoms with Crippen LogP contribution in [0.4, 0.5) is 0 Å². The highest BCUT2D eigenvalue weighted by Crippen LogP contribution is 2.01. The van der Waals surface area contributed by atoms with E-state index < -0.39 is 23.6 Å². The number of hydrogen-bond acceptors (Lipinski definition) is 4. The normalized spacial score (nSPS) is 10.1. The van der Waals surface area contributed by atoms with Crippen molar-refractivity contribution in [3.05, 3.63) is 0 Å². The molecule has 0 rings (SSSR count). The van der Waals surface area contributed by atoms with Gasteiger partial charge in [-0.3, -0.25) is 19.2 Å². The quantitative estimate of drug-likeness (QED) is 0.264. The molecule has 0 saturated carbocycles. The first-order valence-corrected chi connectivity index (χ1v) is 10.1. The lowest BCUT2D eigenvalue weighted by Gasteiger charge is -2.07. The highest BCUT2D eigenvalue weighted by atomic mass is 16.2. The second-order valence-corrected chi connectivity index (χ2v) is 6.50. The summed E-state index contributed by atoms with van der Waals surface area (Å²) >= 11 is 0. The molecular formula is C19H36N4O4. The van der Waals surface area contributed by atoms with E-state index in [1.807, 2.05) is 13.8 Å². The fraction of sp³-hybridized carbons (Fsp3) is 0.789. The van der Waals surface area contributed by atoms with Gasteiger partial charge < -0.3 is 21.3 Å². The SMILES string of the molecule is CCCCNC(=O)C(=O)NCCCCCCCNC(=O)C(=O)NCCCC. The molecule has 0 unspecified atom stereocenters. The van der Waals surface area contributed by atoms with Gasteiger partial charge in [0.05, 0.1) is 0 Å². The second kappa shape index (κ2) is 17.3. The van der Waals surface area contributed by atoms with Gasteiger partial charge in [-0.25, -0.2) is 0 Å². The Bertz CT molecular complexity index is 415. The van der Waals surface area contributed by atoms with Crippen LogP contribution in [0.1, 0.15) is 71.6 Å². The van der Waals surface area contributed by atoms with Crippen molar-refractivity contribution >= 4 is 23.6 Å². The summed E-state index contributed by atoms with van der Waals surface area (Å²) in [6.45, 7) is 6.06. The zero-order valence-electron chi connectivity index (χ0n) is 16.8. The zero-order valence-corrected chi connectivity index (χ0v) is 16.8. The molecule has 0 heterocycles. The predicted octanol–water partition coefficient (Wildman–Crippen LogP) is 1.00. The van der Waals surface area contributed by atoms with Gasteiger partial charge >= 0.3 is 23.6 Å². The van der Waals surface area contributed by atoms with Crippen molar-refractivity contribution in [2.75, 3.05) is 26.2 Å². The van der Waals surface area contributed by atoms with Crippen molar-refractivity contribution < 1.29 is 19.2 Å². The van der Waals surface area contributed by atoms with Crippen LogP contribution in [0.25, 0.3) is 0 Å². The van der Waals surface area contributed by atoms with E-state index in [1.54, 1.807) is 0 Å². The predicted molar refractivity (Wildman–Crippen MR) is 105 cm³/mol. The maximum Gasteiger partial charge on any atom is 0.309 e. The Morgan fingerprint density at radius 2 is 0.704 bits per heavy atom. The fourth-order valence-electron chi connectivity index (χ4n) is 2.26. The van der Waals surface area contributed by atoms with Crippen molar-refractivity contribution in [1.29, 1.82) is 0 Å². The molecular weight excluding hydrogens is 348 g/mol. The van der Waals surface area contributed by atoms with E-state index in [-0.39, 0.29) is 0 Å². The van der Waals surface area contributed by atoms with Gasteiger partial charge in [-0.15, -0.1) is 0 Å². The summed E-state index contributed by atoms with van der Waals surface area (Å²) in [5, 5.41) is 10.4. The number of rotatable bonds is 14. The number of hydrogen-bond donors (Lipinski definition) is 4. The molecule has 0 radical (unpaired) electrons. The number of amides is 4. The lowest BCUT2D eigenvalue weighted by atomic mass is 10.1. The van der Waals surface area contributed by atoms with Crippen LogP contribution in [0.15, 0.2) is 0 Å². The summed E-state index contributed by atoms with van der Waals surface area (Å²) in [6, 6.07) is 0. The van der Waals surface area contributed by atoms with Gasteiger partial charge in [0.1, 0.15) is 0 Å². The van der Waals surface area contributed by atoms with Crippen LogP contribution in [0.3, 0.4) is 0 Å². The average molecular weight is 385 g/mol. The first-order valence-electron chi connectivity index (χ1n) is 10.1. The summed E-state index contributed by atoms with van der Waals surface area (Å²) in [6.07, 6.45) is 8.12. The van der Waals surface area contributed by atoms with Crippen molar-refractivity contribution in [3.8, 4) is 0 Å². The molecule has 0 fully saturated rings. The number of carbonyl (C=O) groups is 4. The highest BCUT2D eigenvalue weighted by molar-refractivity contribution is 6.35. The van der Waals surface area contributed by atoms with Crippen LogP contribution < -0.4 is 21.3 Å². The Kier molecular flexibility index (Phi) is 15.9. The summed E-state index contributed by atoms with van der Waals surface area (Å²) < 4.78 is 0. The number of nitrogens with one attached hydrogen (secondary N) is 4. The van der Waals surface area contributed by atoms with Crippen LogP contribution in [-0.2, 0) is 19.2 Å². The Balaban J connectivity index is 3.49. The van der Waals surface area contributed by atoms with E-state index in [9.17, 15) is 19.2 Å². The van der Waals surface area contributed by atoms with Crippen molar-refractivity contribution in [3.63, 3.8) is 0 Å². The Labute approximate surface area is 162 Å². The second-order valence-electron chi connectivity index (χ2n) is 6.50. The standard InChI is InChI=1S/C19H36N4O4/c1-3-5-12-20-16(24)18(26)22-14-10-8-7-9-11-15-23-19(27)17(25)21-13-6-4-2/h3-15H2,1-2H3,(H,20,24)(H,21,25)(H,22,26)(H,23,27). The summed E-state index contributed by atoms with van der Waals surface area (Å²) in [7, 11) is 0. The van der Waals surface area contributed by atoms with Gasteiger partial charge in [0.2, 0.25) is 0 Å². The Hall–Kier alpha value is -2.12. The molecule has 0 bridgehead atoms. The maximum atomic E-state index is 11.5. The van der Waals surface area contributed by atoms with E-state index in [0.717, 1.165) is 57.8 Å². The average Bonchev–Trinajstić information content (AvgIpc) is 2.66. The molecule has 8 nitrogen and oxygen atoms in total. The van der Waals surface area contributed by atoms with Crippen LogP contribution in [0.2, 0.25) is 0 Å². The van der Waals surface area contributed by atoms with Crippen molar-refractivity contribution in [2.45, 2.75) is 71.6 Å². The van der Waals surface area contributed by atoms with E-state index in [4.69, 9.17) is 0 Å². The van der Waals surface area contributed by atoms with Gasteiger partial charge in [0.25, 0.3) is 0 Å². The molecule has 0 saturated heterocycles. The molecule has 0 aliphatic heterocycles. The topological polar surface area (TPSA) is 116 Å². The first kappa shape index (κ1) is 24.9. The van der Waals surface area contributed by atoms with Gasteiger partial charge in [-0.2, -0.15) is 0 Å². The molecule has 0 aromatic rings. The van der Waals surface area contributed by atoms with E-state index in [0.29, 0.717) is 26.2 Å². The van der Waals surface area contributed by atoms with Gasteiger partial charge in [0.15, 0.2) is 0 Å². The smallest absolute Gasteiger partial charge is 0.309 e. The van der Waals surface area contributed by atoms with Gasteiger partial charge in [0, 0.05) is 26.2 Å². The summed E-state index contributed by atoms with van der Waals surface area (Å²) in [5.74, 6) is -2.30. The van der Waals surface area contributed by atoms with E-state index in [2.05, 4.69) is 21.3 Å². The molecule has 0 aliphatic carbocycles. The number of unbranched alkanes of at least 4 members (excludes halogenated alkanes) is 6. The summed E-state index contributed by atoms with van der Waals surface area (Å²) in [5.41, 5.74) is 0. The monoisotopic (exact) mass is 384 g/mol. The van der Waals surface area contributed by atoms with Crippen LogP contribution in [0, 0.1) is 0 Å². The molecule has 27 heavy (non-hydrogen) atoms. The van der Waals surface area contributed by atoms with Crippen LogP contribution in [0.5, 0.6) is 0 Å². The third-order valence-corrected chi connectivity index (χ3v) is 3.97. The molecule has 0 aliphatic rings. The molecule has 0 spiro atoms. The van der Waals surface area contributed by atoms with Gasteiger partial charge in [-0.05, 0) is 25.7 Å². The molecule has 4 amide bonds. The molecule has 4 N–H and O–H groups in total. The molecule has 0 aromatic heterocycles. The molecule has 0 aromatic carbocycles. The largest absolute Gasteiger partial charge is 0.348 e. The summed E-state index contributed by atoms with van der Waals surface area (Å²) in [4.78, 5) is 45.9. The van der Waals surface area contributed by atoms with Crippen LogP contribution >= 0.6 is 0 Å². The zero-order chi connectivity index (χ0) is 20.3. The van der Waals surface area contributed by atoms with Gasteiger partial charge in [-0.1, -0.05) is 46.0 Å². The Morgan fingerprint density at radius 1 is 0.444 bits per heavy atom. The minimum absolute atomic E-state index is 0.481. The minimum atomic E-state index is -0.578. The third kappa shape index (κ3) is 14.7. The lowest BCUT2D eigenvalue weighted by Crippen LogP contribution is -2.40. The molecule has 8 heteroatoms. The Morgan fingerprint density at radius 3 is 1.00 bits per heavy atom. The molecule has 0 atom stereocenters. The van der Waals surface area contributed by atoms with E-state index in [1.165, 1.54) is 0 Å². The van der Waals surface area contributed by atoms with Crippen LogP contribution in [-0.4, -0.2) is 49.8 Å². The third-order valence-electron chi connectivity index (χ3n) is 3.97. The minimum Gasteiger partial charge on any atom is -0.348 e. The first-order chi connectivity index (χ1) is 13.0. The maximum absolute atomic E-state index is 11.5. The van der Waals surface area contributed by atoms with Crippen molar-refractivity contribution in [2.24, 2.45) is 0 Å². The fourth-order valence-corrected chi connectivity index (χ4v) is 2.26. The van der Waals surface area contributed by atoms with E-state index >= 15 is 0 Å².